The van der Waals surface area contributed by atoms with Gasteiger partial charge in [0.15, 0.2) is 17.2 Å². The SMILES string of the molecule is COc1c([C@H]2[C@H](C(=O)Nc3cnc(N)nc3)O[C@@](C)(C(F)(F)F)[C@H]2C)ccc(F)c1F. The van der Waals surface area contributed by atoms with Crippen LogP contribution in [0.25, 0.3) is 0 Å². The molecule has 0 saturated carbocycles. The van der Waals surface area contributed by atoms with E-state index in [0.29, 0.717) is 0 Å². The number of carbonyl (C=O) groups is 1. The number of nitrogens with two attached hydrogens (primary N) is 1. The van der Waals surface area contributed by atoms with Gasteiger partial charge in [0.1, 0.15) is 6.10 Å². The van der Waals surface area contributed by atoms with Gasteiger partial charge >= 0.3 is 6.18 Å². The maximum Gasteiger partial charge on any atom is 0.417 e. The number of rotatable bonds is 4. The summed E-state index contributed by atoms with van der Waals surface area (Å²) in [7, 11) is 1.05. The fourth-order valence-electron chi connectivity index (χ4n) is 3.66. The van der Waals surface area contributed by atoms with Crippen molar-refractivity contribution in [3.8, 4) is 5.75 Å². The molecule has 31 heavy (non-hydrogen) atoms. The van der Waals surface area contributed by atoms with Crippen LogP contribution >= 0.6 is 0 Å². The number of alkyl halides is 3. The fourth-order valence-corrected chi connectivity index (χ4v) is 3.66. The molecule has 0 aliphatic carbocycles. The largest absolute Gasteiger partial charge is 0.493 e. The quantitative estimate of drug-likeness (QED) is 0.699. The Balaban J connectivity index is 2.07. The van der Waals surface area contributed by atoms with Gasteiger partial charge in [-0.2, -0.15) is 17.6 Å². The third kappa shape index (κ3) is 3.87. The van der Waals surface area contributed by atoms with E-state index in [1.54, 1.807) is 0 Å². The number of benzene rings is 1. The Hall–Kier alpha value is -3.02. The normalized spacial score (nSPS) is 26.0. The summed E-state index contributed by atoms with van der Waals surface area (Å²) < 4.78 is 79.7. The van der Waals surface area contributed by atoms with Crippen LogP contribution in [0.15, 0.2) is 24.5 Å². The van der Waals surface area contributed by atoms with Crippen LogP contribution in [0.2, 0.25) is 0 Å². The van der Waals surface area contributed by atoms with Gasteiger partial charge in [0.25, 0.3) is 5.91 Å². The summed E-state index contributed by atoms with van der Waals surface area (Å²) >= 11 is 0. The van der Waals surface area contributed by atoms with Crippen molar-refractivity contribution in [2.45, 2.75) is 37.6 Å². The van der Waals surface area contributed by atoms with E-state index in [2.05, 4.69) is 15.3 Å². The molecule has 3 N–H and O–H groups in total. The highest BCUT2D eigenvalue weighted by Crippen LogP contribution is 2.54. The second kappa shape index (κ2) is 7.91. The van der Waals surface area contributed by atoms with Crippen LogP contribution in [0.5, 0.6) is 5.75 Å². The summed E-state index contributed by atoms with van der Waals surface area (Å²) in [6, 6.07) is 1.84. The summed E-state index contributed by atoms with van der Waals surface area (Å²) in [4.78, 5) is 20.3. The van der Waals surface area contributed by atoms with E-state index < -0.39 is 53.0 Å². The fraction of sp³-hybridized carbons (Fsp3) is 0.421. The van der Waals surface area contributed by atoms with E-state index >= 15 is 0 Å². The second-order valence-corrected chi connectivity index (χ2v) is 7.26. The first-order valence-electron chi connectivity index (χ1n) is 9.05. The molecule has 1 saturated heterocycles. The maximum atomic E-state index is 14.3. The number of carbonyl (C=O) groups excluding carboxylic acids is 1. The highest BCUT2D eigenvalue weighted by molar-refractivity contribution is 5.95. The Morgan fingerprint density at radius 1 is 1.26 bits per heavy atom. The predicted molar refractivity (Wildman–Crippen MR) is 99.2 cm³/mol. The molecule has 1 amide bonds. The van der Waals surface area contributed by atoms with E-state index in [1.165, 1.54) is 6.92 Å². The third-order valence-corrected chi connectivity index (χ3v) is 5.51. The van der Waals surface area contributed by atoms with Crippen LogP contribution in [0.4, 0.5) is 33.6 Å². The van der Waals surface area contributed by atoms with Crippen LogP contribution < -0.4 is 15.8 Å². The smallest absolute Gasteiger partial charge is 0.417 e. The van der Waals surface area contributed by atoms with Gasteiger partial charge in [-0.25, -0.2) is 14.4 Å². The number of anilines is 2. The molecule has 1 fully saturated rings. The lowest BCUT2D eigenvalue weighted by molar-refractivity contribution is -0.272. The van der Waals surface area contributed by atoms with Crippen molar-refractivity contribution in [1.82, 2.24) is 9.97 Å². The first-order chi connectivity index (χ1) is 14.4. The number of hydrogen-bond acceptors (Lipinski definition) is 6. The lowest BCUT2D eigenvalue weighted by Gasteiger charge is -2.32. The predicted octanol–water partition coefficient (Wildman–Crippen LogP) is 3.42. The third-order valence-electron chi connectivity index (χ3n) is 5.51. The summed E-state index contributed by atoms with van der Waals surface area (Å²) in [5, 5.41) is 2.36. The summed E-state index contributed by atoms with van der Waals surface area (Å²) in [6.45, 7) is 2.02. The monoisotopic (exact) mass is 446 g/mol. The molecular weight excluding hydrogens is 427 g/mol. The standard InChI is InChI=1S/C19H19F5N4O3/c1-8-12(10-4-5-11(20)13(21)14(10)30-3)15(31-18(8,2)19(22,23)24)16(29)28-9-6-26-17(25)27-7-9/h4-8,12,15H,1-3H3,(H,28,29)(H2,25,26,27)/t8-,12-,15+,18+/m0/s1. The van der Waals surface area contributed by atoms with Gasteiger partial charge in [-0.1, -0.05) is 13.0 Å². The number of nitrogens with one attached hydrogen (secondary N) is 1. The first kappa shape index (κ1) is 22.7. The van der Waals surface area contributed by atoms with Gasteiger partial charge in [0, 0.05) is 17.4 Å². The maximum absolute atomic E-state index is 14.3. The molecule has 1 aromatic heterocycles. The highest BCUT2D eigenvalue weighted by atomic mass is 19.4. The number of methoxy groups -OCH3 is 1. The zero-order valence-electron chi connectivity index (χ0n) is 16.6. The summed E-state index contributed by atoms with van der Waals surface area (Å²) in [5.74, 6) is -6.91. The Bertz CT molecular complexity index is 986. The molecule has 1 aliphatic rings. The van der Waals surface area contributed by atoms with Gasteiger partial charge in [0.05, 0.1) is 25.2 Å². The van der Waals surface area contributed by atoms with Gasteiger partial charge in [-0.15, -0.1) is 0 Å². The van der Waals surface area contributed by atoms with Crippen molar-refractivity contribution in [1.29, 1.82) is 0 Å². The molecule has 0 radical (unpaired) electrons. The Kier molecular flexibility index (Phi) is 5.78. The van der Waals surface area contributed by atoms with Crippen molar-refractivity contribution in [2.75, 3.05) is 18.2 Å². The molecular formula is C19H19F5N4O3. The molecule has 4 atom stereocenters. The lowest BCUT2D eigenvalue weighted by Crippen LogP contribution is -2.47. The number of halogens is 5. The molecule has 0 bridgehead atoms. The van der Waals surface area contributed by atoms with Crippen molar-refractivity contribution in [3.63, 3.8) is 0 Å². The molecule has 7 nitrogen and oxygen atoms in total. The Morgan fingerprint density at radius 2 is 1.87 bits per heavy atom. The topological polar surface area (TPSA) is 99.4 Å². The zero-order valence-corrected chi connectivity index (χ0v) is 16.6. The van der Waals surface area contributed by atoms with Crippen molar-refractivity contribution < 1.29 is 36.2 Å². The van der Waals surface area contributed by atoms with E-state index in [9.17, 15) is 26.7 Å². The molecule has 0 spiro atoms. The number of amides is 1. The minimum Gasteiger partial charge on any atom is -0.493 e. The number of ether oxygens (including phenoxy) is 2. The number of nitrogens with zero attached hydrogens (tertiary/aromatic N) is 2. The van der Waals surface area contributed by atoms with E-state index in [-0.39, 0.29) is 17.2 Å². The van der Waals surface area contributed by atoms with Gasteiger partial charge < -0.3 is 20.5 Å². The first-order valence-corrected chi connectivity index (χ1v) is 9.05. The Labute approximate surface area is 173 Å². The van der Waals surface area contributed by atoms with Gasteiger partial charge in [-0.3, -0.25) is 4.79 Å². The van der Waals surface area contributed by atoms with Gasteiger partial charge in [0.2, 0.25) is 11.8 Å². The molecule has 1 aromatic carbocycles. The number of hydrogen-bond donors (Lipinski definition) is 2. The molecule has 12 heteroatoms. The van der Waals surface area contributed by atoms with Crippen molar-refractivity contribution in [3.05, 3.63) is 41.7 Å². The molecule has 3 rings (SSSR count). The van der Waals surface area contributed by atoms with E-state index in [1.807, 2.05) is 0 Å². The molecule has 2 aromatic rings. The van der Waals surface area contributed by atoms with Crippen LogP contribution in [0, 0.1) is 17.6 Å². The lowest BCUT2D eigenvalue weighted by atomic mass is 9.77. The average Bonchev–Trinajstić information content (AvgIpc) is 2.98. The number of nitrogen functional groups attached to an aromatic ring is 1. The van der Waals surface area contributed by atoms with E-state index in [0.717, 1.165) is 38.6 Å². The van der Waals surface area contributed by atoms with Crippen LogP contribution in [0.1, 0.15) is 25.3 Å². The highest BCUT2D eigenvalue weighted by Gasteiger charge is 2.65. The molecule has 168 valence electrons. The van der Waals surface area contributed by atoms with Crippen molar-refractivity contribution >= 4 is 17.5 Å². The average molecular weight is 446 g/mol. The van der Waals surface area contributed by atoms with Crippen LogP contribution in [0.3, 0.4) is 0 Å². The zero-order chi connectivity index (χ0) is 23.1. The second-order valence-electron chi connectivity index (χ2n) is 7.26. The van der Waals surface area contributed by atoms with Crippen molar-refractivity contribution in [2.24, 2.45) is 5.92 Å². The van der Waals surface area contributed by atoms with Crippen LogP contribution in [-0.4, -0.2) is 40.9 Å². The molecule has 2 heterocycles. The number of aromatic nitrogens is 2. The van der Waals surface area contributed by atoms with Crippen LogP contribution in [-0.2, 0) is 9.53 Å². The van der Waals surface area contributed by atoms with E-state index in [4.69, 9.17) is 15.2 Å². The Morgan fingerprint density at radius 3 is 2.42 bits per heavy atom. The van der Waals surface area contributed by atoms with Gasteiger partial charge in [-0.05, 0) is 13.0 Å². The summed E-state index contributed by atoms with van der Waals surface area (Å²) in [5.41, 5.74) is 2.56. The summed E-state index contributed by atoms with van der Waals surface area (Å²) in [6.07, 6.45) is -4.24. The minimum absolute atomic E-state index is 0.0621. The minimum atomic E-state index is -4.85. The molecule has 0 unspecified atom stereocenters. The molecule has 1 aliphatic heterocycles.